The fourth-order valence-corrected chi connectivity index (χ4v) is 1.46. The van der Waals surface area contributed by atoms with E-state index in [1.165, 1.54) is 12.1 Å². The number of nitrogens with one attached hydrogen (secondary N) is 1. The molecule has 0 aliphatic rings. The van der Waals surface area contributed by atoms with Gasteiger partial charge in [0.1, 0.15) is 30.5 Å². The Kier molecular flexibility index (Phi) is 5.19. The molecule has 2 amide bonds. The predicted molar refractivity (Wildman–Crippen MR) is 67.0 cm³/mol. The average Bonchev–Trinajstić information content (AvgIpc) is 2.37. The molecule has 1 rings (SSSR count). The third-order valence-corrected chi connectivity index (χ3v) is 2.31. The minimum atomic E-state index is -1.41. The number of rotatable bonds is 5. The molecule has 0 fully saturated rings. The fourth-order valence-electron chi connectivity index (χ4n) is 1.46. The number of amides is 2. The van der Waals surface area contributed by atoms with Crippen molar-refractivity contribution in [2.45, 2.75) is 0 Å². The number of nitriles is 1. The van der Waals surface area contributed by atoms with Crippen molar-refractivity contribution in [2.75, 3.05) is 18.4 Å². The molecular formula is C12H10FN3O5. The van der Waals surface area contributed by atoms with Crippen LogP contribution in [0.5, 0.6) is 0 Å². The topological polar surface area (TPSA) is 131 Å². The summed E-state index contributed by atoms with van der Waals surface area (Å²) in [6.45, 7) is -1.70. The lowest BCUT2D eigenvalue weighted by molar-refractivity contribution is -0.140. The van der Waals surface area contributed by atoms with E-state index in [9.17, 15) is 18.8 Å². The van der Waals surface area contributed by atoms with E-state index in [1.54, 1.807) is 6.07 Å². The van der Waals surface area contributed by atoms with E-state index in [1.807, 2.05) is 0 Å². The fraction of sp³-hybridized carbons (Fsp3) is 0.167. The van der Waals surface area contributed by atoms with Gasteiger partial charge in [0, 0.05) is 0 Å². The summed E-state index contributed by atoms with van der Waals surface area (Å²) in [7, 11) is 0. The maximum atomic E-state index is 13.3. The lowest BCUT2D eigenvalue weighted by Crippen LogP contribution is -2.42. The first-order chi connectivity index (χ1) is 9.85. The Morgan fingerprint density at radius 2 is 1.81 bits per heavy atom. The summed E-state index contributed by atoms with van der Waals surface area (Å²) in [5.41, 5.74) is -0.611. The first kappa shape index (κ1) is 15.9. The Bertz CT molecular complexity index is 610. The van der Waals surface area contributed by atoms with E-state index >= 15 is 0 Å². The number of carbonyl (C=O) groups is 3. The Hall–Kier alpha value is -3.15. The van der Waals surface area contributed by atoms with Crippen LogP contribution < -0.4 is 5.32 Å². The van der Waals surface area contributed by atoms with Crippen molar-refractivity contribution in [2.24, 2.45) is 0 Å². The van der Waals surface area contributed by atoms with Crippen LogP contribution in [0.15, 0.2) is 18.2 Å². The Labute approximate surface area is 118 Å². The summed E-state index contributed by atoms with van der Waals surface area (Å²) in [6, 6.07) is 3.97. The van der Waals surface area contributed by atoms with Crippen molar-refractivity contribution in [1.82, 2.24) is 4.90 Å². The number of hydrogen-bond donors (Lipinski definition) is 3. The highest BCUT2D eigenvalue weighted by atomic mass is 19.1. The van der Waals surface area contributed by atoms with Crippen LogP contribution in [0.25, 0.3) is 0 Å². The van der Waals surface area contributed by atoms with E-state index in [0.717, 1.165) is 6.07 Å². The molecule has 3 N–H and O–H groups in total. The Balaban J connectivity index is 2.96. The number of hydrogen-bond acceptors (Lipinski definition) is 4. The molecule has 0 aliphatic carbocycles. The van der Waals surface area contributed by atoms with Crippen LogP contribution >= 0.6 is 0 Å². The van der Waals surface area contributed by atoms with Gasteiger partial charge in [-0.2, -0.15) is 5.26 Å². The second kappa shape index (κ2) is 6.85. The average molecular weight is 295 g/mol. The highest BCUT2D eigenvalue weighted by Crippen LogP contribution is 2.18. The number of carboxylic acid groups (broad SMARTS) is 2. The molecule has 1 aromatic carbocycles. The number of aliphatic carboxylic acids is 2. The molecule has 21 heavy (non-hydrogen) atoms. The number of anilines is 1. The zero-order chi connectivity index (χ0) is 16.0. The van der Waals surface area contributed by atoms with Crippen molar-refractivity contribution in [3.8, 4) is 6.07 Å². The van der Waals surface area contributed by atoms with Crippen LogP contribution in [0.4, 0.5) is 14.9 Å². The molecule has 0 bridgehead atoms. The van der Waals surface area contributed by atoms with Gasteiger partial charge in [-0.15, -0.1) is 0 Å². The standard InChI is InChI=1S/C12H10FN3O5/c13-8-2-1-3-9(7(8)4-14)15-12(21)16(5-10(17)18)6-11(19)20/h1-3H,5-6H2,(H,15,21)(H,17,18)(H,19,20). The third-order valence-electron chi connectivity index (χ3n) is 2.31. The summed E-state index contributed by atoms with van der Waals surface area (Å²) in [5, 5.41) is 28.2. The smallest absolute Gasteiger partial charge is 0.323 e. The molecular weight excluding hydrogens is 285 g/mol. The van der Waals surface area contributed by atoms with Gasteiger partial charge in [-0.05, 0) is 12.1 Å². The van der Waals surface area contributed by atoms with Crippen LogP contribution in [0.2, 0.25) is 0 Å². The molecule has 0 saturated carbocycles. The van der Waals surface area contributed by atoms with Crippen LogP contribution in [-0.4, -0.2) is 46.2 Å². The van der Waals surface area contributed by atoms with Gasteiger partial charge >= 0.3 is 18.0 Å². The van der Waals surface area contributed by atoms with Crippen molar-refractivity contribution < 1.29 is 29.0 Å². The van der Waals surface area contributed by atoms with Gasteiger partial charge in [-0.1, -0.05) is 6.07 Å². The Morgan fingerprint density at radius 1 is 1.24 bits per heavy atom. The number of benzene rings is 1. The monoisotopic (exact) mass is 295 g/mol. The van der Waals surface area contributed by atoms with Crippen molar-refractivity contribution in [3.05, 3.63) is 29.6 Å². The molecule has 1 aromatic rings. The highest BCUT2D eigenvalue weighted by molar-refractivity contribution is 5.94. The van der Waals surface area contributed by atoms with Crippen LogP contribution in [0.1, 0.15) is 5.56 Å². The summed E-state index contributed by atoms with van der Waals surface area (Å²) >= 11 is 0. The maximum Gasteiger partial charge on any atom is 0.323 e. The quantitative estimate of drug-likeness (QED) is 0.732. The van der Waals surface area contributed by atoms with Crippen LogP contribution in [0.3, 0.4) is 0 Å². The van der Waals surface area contributed by atoms with Crippen molar-refractivity contribution in [3.63, 3.8) is 0 Å². The van der Waals surface area contributed by atoms with Crippen LogP contribution in [0, 0.1) is 17.1 Å². The Morgan fingerprint density at radius 3 is 2.29 bits per heavy atom. The summed E-state index contributed by atoms with van der Waals surface area (Å²) in [6.07, 6.45) is 0. The first-order valence-electron chi connectivity index (χ1n) is 5.53. The second-order valence-corrected chi connectivity index (χ2v) is 3.85. The molecule has 0 spiro atoms. The lowest BCUT2D eigenvalue weighted by Gasteiger charge is -2.19. The van der Waals surface area contributed by atoms with E-state index in [-0.39, 0.29) is 5.69 Å². The largest absolute Gasteiger partial charge is 0.480 e. The minimum absolute atomic E-state index is 0.178. The third kappa shape index (κ3) is 4.46. The number of carbonyl (C=O) groups excluding carboxylic acids is 1. The molecule has 0 aliphatic heterocycles. The summed E-state index contributed by atoms with van der Waals surface area (Å²) in [5.74, 6) is -3.68. The van der Waals surface area contributed by atoms with E-state index in [0.29, 0.717) is 4.90 Å². The predicted octanol–water partition coefficient (Wildman–Crippen LogP) is 0.700. The van der Waals surface area contributed by atoms with Gasteiger partial charge in [-0.25, -0.2) is 9.18 Å². The summed E-state index contributed by atoms with van der Waals surface area (Å²) < 4.78 is 13.3. The zero-order valence-electron chi connectivity index (χ0n) is 10.5. The minimum Gasteiger partial charge on any atom is -0.480 e. The molecule has 0 unspecified atom stereocenters. The van der Waals surface area contributed by atoms with E-state index < -0.39 is 42.4 Å². The van der Waals surface area contributed by atoms with Gasteiger partial charge in [0.25, 0.3) is 0 Å². The number of nitrogens with zero attached hydrogens (tertiary/aromatic N) is 2. The lowest BCUT2D eigenvalue weighted by atomic mass is 10.2. The normalized spacial score (nSPS) is 9.52. The van der Waals surface area contributed by atoms with E-state index in [4.69, 9.17) is 15.5 Å². The molecule has 0 atom stereocenters. The number of urea groups is 1. The molecule has 8 nitrogen and oxygen atoms in total. The molecule has 0 radical (unpaired) electrons. The van der Waals surface area contributed by atoms with Crippen molar-refractivity contribution >= 4 is 23.7 Å². The first-order valence-corrected chi connectivity index (χ1v) is 5.53. The van der Waals surface area contributed by atoms with Gasteiger partial charge < -0.3 is 20.4 Å². The van der Waals surface area contributed by atoms with E-state index in [2.05, 4.69) is 5.32 Å². The van der Waals surface area contributed by atoms with Crippen LogP contribution in [-0.2, 0) is 9.59 Å². The molecule has 0 saturated heterocycles. The second-order valence-electron chi connectivity index (χ2n) is 3.85. The zero-order valence-corrected chi connectivity index (χ0v) is 10.5. The molecule has 9 heteroatoms. The van der Waals surface area contributed by atoms with Gasteiger partial charge in [0.05, 0.1) is 5.69 Å². The number of carboxylic acids is 2. The van der Waals surface area contributed by atoms with Gasteiger partial charge in [0.15, 0.2) is 0 Å². The SMILES string of the molecule is N#Cc1c(F)cccc1NC(=O)N(CC(=O)O)CC(=O)O. The van der Waals surface area contributed by atoms with Gasteiger partial charge in [0.2, 0.25) is 0 Å². The highest BCUT2D eigenvalue weighted by Gasteiger charge is 2.21. The molecule has 0 aromatic heterocycles. The number of halogens is 1. The van der Waals surface area contributed by atoms with Crippen molar-refractivity contribution in [1.29, 1.82) is 5.26 Å². The van der Waals surface area contributed by atoms with Gasteiger partial charge in [-0.3, -0.25) is 9.59 Å². The molecule has 110 valence electrons. The molecule has 0 heterocycles. The maximum absolute atomic E-state index is 13.3. The summed E-state index contributed by atoms with van der Waals surface area (Å²) in [4.78, 5) is 33.5.